The van der Waals surface area contributed by atoms with Gasteiger partial charge in [-0.1, -0.05) is 11.6 Å². The number of benzene rings is 1. The van der Waals surface area contributed by atoms with E-state index in [1.165, 1.54) is 18.2 Å². The van der Waals surface area contributed by atoms with Crippen LogP contribution in [0.25, 0.3) is 0 Å². The van der Waals surface area contributed by atoms with Gasteiger partial charge in [0.05, 0.1) is 17.7 Å². The van der Waals surface area contributed by atoms with Crippen molar-refractivity contribution in [3.8, 4) is 6.07 Å². The predicted octanol–water partition coefficient (Wildman–Crippen LogP) is 3.58. The van der Waals surface area contributed by atoms with E-state index in [-0.39, 0.29) is 12.1 Å². The van der Waals surface area contributed by atoms with Gasteiger partial charge in [-0.2, -0.15) is 18.4 Å². The molecule has 0 heterocycles. The molecule has 0 bridgehead atoms. The molecule has 0 atom stereocenters. The second-order valence-corrected chi connectivity index (χ2v) is 3.53. The summed E-state index contributed by atoms with van der Waals surface area (Å²) in [7, 11) is 0. The number of nitrogens with one attached hydrogen (secondary N) is 1. The molecule has 0 aromatic heterocycles. The number of halogens is 4. The highest BCUT2D eigenvalue weighted by molar-refractivity contribution is 6.30. The van der Waals surface area contributed by atoms with E-state index in [0.29, 0.717) is 10.7 Å². The zero-order valence-electron chi connectivity index (χ0n) is 8.11. The molecule has 1 rings (SSSR count). The van der Waals surface area contributed by atoms with E-state index in [2.05, 4.69) is 5.32 Å². The van der Waals surface area contributed by atoms with Crippen LogP contribution in [0.2, 0.25) is 5.02 Å². The monoisotopic (exact) mass is 248 g/mol. The zero-order valence-corrected chi connectivity index (χ0v) is 8.86. The Bertz CT molecular complexity index is 410. The topological polar surface area (TPSA) is 35.8 Å². The lowest BCUT2D eigenvalue weighted by atomic mass is 10.2. The maximum absolute atomic E-state index is 11.9. The number of hydrogen-bond acceptors (Lipinski definition) is 2. The second kappa shape index (κ2) is 5.08. The van der Waals surface area contributed by atoms with Gasteiger partial charge in [0.1, 0.15) is 6.07 Å². The summed E-state index contributed by atoms with van der Waals surface area (Å²) in [6, 6.07) is 6.25. The quantitative estimate of drug-likeness (QED) is 0.888. The van der Waals surface area contributed by atoms with Crippen molar-refractivity contribution < 1.29 is 13.2 Å². The second-order valence-electron chi connectivity index (χ2n) is 3.09. The first kappa shape index (κ1) is 12.7. The smallest absolute Gasteiger partial charge is 0.384 e. The molecule has 0 saturated carbocycles. The molecule has 1 aromatic carbocycles. The number of hydrogen-bond donors (Lipinski definition) is 1. The van der Waals surface area contributed by atoms with E-state index in [0.717, 1.165) is 0 Å². The van der Waals surface area contributed by atoms with Crippen LogP contribution in [0.5, 0.6) is 0 Å². The molecular weight excluding hydrogens is 241 g/mol. The van der Waals surface area contributed by atoms with Crippen LogP contribution in [-0.4, -0.2) is 12.7 Å². The van der Waals surface area contributed by atoms with E-state index < -0.39 is 12.6 Å². The average Bonchev–Trinajstić information content (AvgIpc) is 2.18. The highest BCUT2D eigenvalue weighted by Gasteiger charge is 2.26. The molecule has 16 heavy (non-hydrogen) atoms. The first-order valence-electron chi connectivity index (χ1n) is 4.42. The Labute approximate surface area is 95.6 Å². The summed E-state index contributed by atoms with van der Waals surface area (Å²) in [6.45, 7) is -0.264. The fourth-order valence-electron chi connectivity index (χ4n) is 1.10. The SMILES string of the molecule is N#Cc1cc(Cl)ccc1NCCC(F)(F)F. The van der Waals surface area contributed by atoms with Gasteiger partial charge >= 0.3 is 6.18 Å². The Hall–Kier alpha value is -1.41. The van der Waals surface area contributed by atoms with Gasteiger partial charge in [0.15, 0.2) is 0 Å². The summed E-state index contributed by atoms with van der Waals surface area (Å²) in [6.07, 6.45) is -5.15. The highest BCUT2D eigenvalue weighted by Crippen LogP contribution is 2.22. The van der Waals surface area contributed by atoms with Crippen molar-refractivity contribution in [2.75, 3.05) is 11.9 Å². The first-order chi connectivity index (χ1) is 7.42. The molecule has 0 spiro atoms. The molecular formula is C10H8ClF3N2. The standard InChI is InChI=1S/C10H8ClF3N2/c11-8-1-2-9(7(5-8)6-15)16-4-3-10(12,13)14/h1-2,5,16H,3-4H2. The number of nitriles is 1. The minimum atomic E-state index is -4.20. The summed E-state index contributed by atoms with van der Waals surface area (Å²) in [5, 5.41) is 11.7. The van der Waals surface area contributed by atoms with Gasteiger partial charge < -0.3 is 5.32 Å². The molecule has 0 aliphatic rings. The third kappa shape index (κ3) is 3.99. The van der Waals surface area contributed by atoms with Crippen molar-refractivity contribution in [1.29, 1.82) is 5.26 Å². The van der Waals surface area contributed by atoms with Gasteiger partial charge in [-0.3, -0.25) is 0 Å². The Kier molecular flexibility index (Phi) is 4.02. The largest absolute Gasteiger partial charge is 0.390 e. The van der Waals surface area contributed by atoms with Crippen molar-refractivity contribution >= 4 is 17.3 Å². The van der Waals surface area contributed by atoms with Gasteiger partial charge in [-0.25, -0.2) is 0 Å². The van der Waals surface area contributed by atoms with Crippen LogP contribution in [0.4, 0.5) is 18.9 Å². The molecule has 0 amide bonds. The van der Waals surface area contributed by atoms with E-state index in [1.54, 1.807) is 0 Å². The summed E-state index contributed by atoms with van der Waals surface area (Å²) >= 11 is 5.64. The maximum atomic E-state index is 11.9. The molecule has 0 aliphatic carbocycles. The van der Waals surface area contributed by atoms with Crippen molar-refractivity contribution in [2.24, 2.45) is 0 Å². The van der Waals surface area contributed by atoms with Crippen LogP contribution in [0, 0.1) is 11.3 Å². The lowest BCUT2D eigenvalue weighted by molar-refractivity contribution is -0.131. The van der Waals surface area contributed by atoms with Crippen LogP contribution in [-0.2, 0) is 0 Å². The fourth-order valence-corrected chi connectivity index (χ4v) is 1.27. The van der Waals surface area contributed by atoms with E-state index in [1.807, 2.05) is 6.07 Å². The van der Waals surface area contributed by atoms with Gasteiger partial charge in [-0.15, -0.1) is 0 Å². The van der Waals surface area contributed by atoms with Crippen molar-refractivity contribution in [3.63, 3.8) is 0 Å². The van der Waals surface area contributed by atoms with Crippen molar-refractivity contribution in [2.45, 2.75) is 12.6 Å². The van der Waals surface area contributed by atoms with Crippen molar-refractivity contribution in [3.05, 3.63) is 28.8 Å². The van der Waals surface area contributed by atoms with Crippen LogP contribution in [0.3, 0.4) is 0 Å². The summed E-state index contributed by atoms with van der Waals surface area (Å²) in [5.41, 5.74) is 0.589. The van der Waals surface area contributed by atoms with Gasteiger partial charge in [0.2, 0.25) is 0 Å². The van der Waals surface area contributed by atoms with Crippen molar-refractivity contribution in [1.82, 2.24) is 0 Å². The first-order valence-corrected chi connectivity index (χ1v) is 4.80. The predicted molar refractivity (Wildman–Crippen MR) is 55.3 cm³/mol. The summed E-state index contributed by atoms with van der Waals surface area (Å²) in [5.74, 6) is 0. The Balaban J connectivity index is 2.65. The van der Waals surface area contributed by atoms with Crippen LogP contribution >= 0.6 is 11.6 Å². The normalized spacial score (nSPS) is 10.9. The van der Waals surface area contributed by atoms with Gasteiger partial charge in [0.25, 0.3) is 0 Å². The zero-order chi connectivity index (χ0) is 12.2. The number of rotatable bonds is 3. The Morgan fingerprint density at radius 3 is 2.62 bits per heavy atom. The molecule has 0 aliphatic heterocycles. The van der Waals surface area contributed by atoms with E-state index >= 15 is 0 Å². The summed E-state index contributed by atoms with van der Waals surface area (Å²) in [4.78, 5) is 0. The van der Waals surface area contributed by atoms with Crippen LogP contribution in [0.1, 0.15) is 12.0 Å². The third-order valence-electron chi connectivity index (χ3n) is 1.83. The molecule has 2 nitrogen and oxygen atoms in total. The van der Waals surface area contributed by atoms with Gasteiger partial charge in [0, 0.05) is 11.6 Å². The minimum Gasteiger partial charge on any atom is -0.384 e. The molecule has 86 valence electrons. The molecule has 0 unspecified atom stereocenters. The molecule has 0 saturated heterocycles. The minimum absolute atomic E-state index is 0.231. The summed E-state index contributed by atoms with van der Waals surface area (Å²) < 4.78 is 35.6. The fraction of sp³-hybridized carbons (Fsp3) is 0.300. The van der Waals surface area contributed by atoms with E-state index in [4.69, 9.17) is 16.9 Å². The number of anilines is 1. The maximum Gasteiger partial charge on any atom is 0.390 e. The molecule has 0 fully saturated rings. The average molecular weight is 249 g/mol. The van der Waals surface area contributed by atoms with Crippen LogP contribution in [0.15, 0.2) is 18.2 Å². The highest BCUT2D eigenvalue weighted by atomic mass is 35.5. The van der Waals surface area contributed by atoms with E-state index in [9.17, 15) is 13.2 Å². The number of alkyl halides is 3. The third-order valence-corrected chi connectivity index (χ3v) is 2.06. The lowest BCUT2D eigenvalue weighted by Crippen LogP contribution is -2.15. The molecule has 1 aromatic rings. The Morgan fingerprint density at radius 2 is 2.06 bits per heavy atom. The van der Waals surface area contributed by atoms with Crippen LogP contribution < -0.4 is 5.32 Å². The number of nitrogens with zero attached hydrogens (tertiary/aromatic N) is 1. The molecule has 1 N–H and O–H groups in total. The van der Waals surface area contributed by atoms with Gasteiger partial charge in [-0.05, 0) is 18.2 Å². The molecule has 6 heteroatoms. The lowest BCUT2D eigenvalue weighted by Gasteiger charge is -2.10. The molecule has 0 radical (unpaired) electrons. The Morgan fingerprint density at radius 1 is 1.38 bits per heavy atom.